The first-order chi connectivity index (χ1) is 10.5. The second-order valence-corrected chi connectivity index (χ2v) is 5.36. The number of hydrogen-bond acceptors (Lipinski definition) is 3. The van der Waals surface area contributed by atoms with Crippen molar-refractivity contribution in [1.82, 2.24) is 5.32 Å². The zero-order valence-corrected chi connectivity index (χ0v) is 13.3. The van der Waals surface area contributed by atoms with Gasteiger partial charge >= 0.3 is 0 Å². The molecule has 0 atom stereocenters. The van der Waals surface area contributed by atoms with Crippen LogP contribution in [0.25, 0.3) is 0 Å². The highest BCUT2D eigenvalue weighted by Crippen LogP contribution is 2.35. The maximum Gasteiger partial charge on any atom is 0.181 e. The molecule has 0 aliphatic rings. The van der Waals surface area contributed by atoms with Crippen molar-refractivity contribution in [2.24, 2.45) is 0 Å². The fourth-order valence-electron chi connectivity index (χ4n) is 1.87. The lowest BCUT2D eigenvalue weighted by Gasteiger charge is -2.12. The Morgan fingerprint density at radius 2 is 2.05 bits per heavy atom. The van der Waals surface area contributed by atoms with Crippen LogP contribution < -0.4 is 10.1 Å². The van der Waals surface area contributed by atoms with Gasteiger partial charge in [0.05, 0.1) is 16.7 Å². The van der Waals surface area contributed by atoms with Gasteiger partial charge in [0.2, 0.25) is 0 Å². The summed E-state index contributed by atoms with van der Waals surface area (Å²) in [5, 5.41) is 12.4. The number of nitrogens with one attached hydrogen (secondary N) is 1. The van der Waals surface area contributed by atoms with E-state index in [0.717, 1.165) is 6.54 Å². The Kier molecular flexibility index (Phi) is 5.62. The first-order valence-electron chi connectivity index (χ1n) is 6.61. The van der Waals surface area contributed by atoms with Crippen molar-refractivity contribution in [1.29, 1.82) is 5.26 Å². The van der Waals surface area contributed by atoms with Crippen LogP contribution in [0, 0.1) is 17.1 Å². The third kappa shape index (κ3) is 3.89. The third-order valence-corrected chi connectivity index (χ3v) is 3.43. The van der Waals surface area contributed by atoms with E-state index in [9.17, 15) is 4.39 Å². The summed E-state index contributed by atoms with van der Waals surface area (Å²) in [6, 6.07) is 9.60. The Labute approximate surface area is 138 Å². The summed E-state index contributed by atoms with van der Waals surface area (Å²) in [5.74, 6) is -0.361. The fourth-order valence-corrected chi connectivity index (χ4v) is 2.28. The highest BCUT2D eigenvalue weighted by atomic mass is 35.5. The molecule has 0 aromatic heterocycles. The molecule has 0 saturated heterocycles. The Hall–Kier alpha value is -1.80. The summed E-state index contributed by atoms with van der Waals surface area (Å²) in [6.45, 7) is 3.02. The quantitative estimate of drug-likeness (QED) is 0.842. The lowest BCUT2D eigenvalue weighted by atomic mass is 10.2. The van der Waals surface area contributed by atoms with Crippen LogP contribution in [0.1, 0.15) is 18.1 Å². The molecule has 0 aliphatic carbocycles. The van der Waals surface area contributed by atoms with Gasteiger partial charge in [0.15, 0.2) is 11.6 Å². The van der Waals surface area contributed by atoms with Crippen LogP contribution >= 0.6 is 23.2 Å². The molecule has 0 aliphatic heterocycles. The van der Waals surface area contributed by atoms with E-state index < -0.39 is 5.82 Å². The number of nitriles is 1. The van der Waals surface area contributed by atoms with Gasteiger partial charge in [-0.05, 0) is 30.8 Å². The van der Waals surface area contributed by atoms with Crippen molar-refractivity contribution in [2.75, 3.05) is 6.54 Å². The molecule has 0 amide bonds. The molecule has 22 heavy (non-hydrogen) atoms. The smallest absolute Gasteiger partial charge is 0.181 e. The first kappa shape index (κ1) is 16.6. The lowest BCUT2D eigenvalue weighted by molar-refractivity contribution is 0.437. The molecule has 2 aromatic rings. The number of halogens is 3. The molecule has 1 N–H and O–H groups in total. The average Bonchev–Trinajstić information content (AvgIpc) is 2.50. The van der Waals surface area contributed by atoms with Gasteiger partial charge < -0.3 is 10.1 Å². The van der Waals surface area contributed by atoms with Crippen LogP contribution in [0.15, 0.2) is 30.3 Å². The van der Waals surface area contributed by atoms with Crippen molar-refractivity contribution in [2.45, 2.75) is 13.5 Å². The largest absolute Gasteiger partial charge is 0.453 e. The molecule has 114 valence electrons. The Morgan fingerprint density at radius 3 is 2.73 bits per heavy atom. The number of benzene rings is 2. The Bertz CT molecular complexity index is 729. The molecule has 0 fully saturated rings. The minimum Gasteiger partial charge on any atom is -0.453 e. The lowest BCUT2D eigenvalue weighted by Crippen LogP contribution is -2.13. The van der Waals surface area contributed by atoms with Crippen molar-refractivity contribution in [3.63, 3.8) is 0 Å². The number of rotatable bonds is 5. The van der Waals surface area contributed by atoms with Crippen molar-refractivity contribution < 1.29 is 9.13 Å². The molecule has 0 unspecified atom stereocenters. The van der Waals surface area contributed by atoms with Gasteiger partial charge in [-0.3, -0.25) is 0 Å². The van der Waals surface area contributed by atoms with Crippen LogP contribution in [0.2, 0.25) is 10.0 Å². The summed E-state index contributed by atoms with van der Waals surface area (Å²) in [4.78, 5) is 0. The number of nitrogens with zero attached hydrogens (tertiary/aromatic N) is 1. The summed E-state index contributed by atoms with van der Waals surface area (Å²) >= 11 is 11.9. The second kappa shape index (κ2) is 7.46. The van der Waals surface area contributed by atoms with Crippen molar-refractivity contribution in [3.8, 4) is 17.6 Å². The van der Waals surface area contributed by atoms with Gasteiger partial charge in [0.25, 0.3) is 0 Å². The Balaban J connectivity index is 2.37. The van der Waals surface area contributed by atoms with E-state index in [1.165, 1.54) is 18.2 Å². The zero-order chi connectivity index (χ0) is 16.1. The number of ether oxygens (including phenoxy) is 1. The topological polar surface area (TPSA) is 45.0 Å². The van der Waals surface area contributed by atoms with Gasteiger partial charge in [-0.25, -0.2) is 4.39 Å². The summed E-state index contributed by atoms with van der Waals surface area (Å²) in [6.07, 6.45) is 0. The van der Waals surface area contributed by atoms with E-state index in [4.69, 9.17) is 33.2 Å². The van der Waals surface area contributed by atoms with E-state index in [2.05, 4.69) is 5.32 Å². The average molecular weight is 339 g/mol. The fraction of sp³-hybridized carbons (Fsp3) is 0.188. The molecule has 2 rings (SSSR count). The monoisotopic (exact) mass is 338 g/mol. The van der Waals surface area contributed by atoms with Crippen LogP contribution in [-0.4, -0.2) is 6.54 Å². The van der Waals surface area contributed by atoms with E-state index in [0.29, 0.717) is 22.7 Å². The molecule has 6 heteroatoms. The van der Waals surface area contributed by atoms with E-state index in [-0.39, 0.29) is 16.5 Å². The van der Waals surface area contributed by atoms with Crippen LogP contribution in [0.5, 0.6) is 11.5 Å². The van der Waals surface area contributed by atoms with E-state index >= 15 is 0 Å². The SMILES string of the molecule is CCNCc1ccc(Cl)c(Oc2cc(Cl)cc(C#N)c2)c1F. The first-order valence-corrected chi connectivity index (χ1v) is 7.37. The summed E-state index contributed by atoms with van der Waals surface area (Å²) in [7, 11) is 0. The zero-order valence-electron chi connectivity index (χ0n) is 11.8. The highest BCUT2D eigenvalue weighted by Gasteiger charge is 2.15. The van der Waals surface area contributed by atoms with Gasteiger partial charge in [0, 0.05) is 17.1 Å². The predicted octanol–water partition coefficient (Wildman–Crippen LogP) is 4.91. The van der Waals surface area contributed by atoms with E-state index in [1.54, 1.807) is 12.1 Å². The molecular formula is C16H13Cl2FN2O. The molecule has 0 heterocycles. The molecular weight excluding hydrogens is 326 g/mol. The number of hydrogen-bond donors (Lipinski definition) is 1. The molecule has 0 bridgehead atoms. The second-order valence-electron chi connectivity index (χ2n) is 4.52. The maximum absolute atomic E-state index is 14.5. The van der Waals surface area contributed by atoms with E-state index in [1.807, 2.05) is 13.0 Å². The third-order valence-electron chi connectivity index (χ3n) is 2.91. The summed E-state index contributed by atoms with van der Waals surface area (Å²) in [5.41, 5.74) is 0.770. The standard InChI is InChI=1S/C16H13Cl2FN2O/c1-2-21-9-11-3-4-14(18)16(15(11)19)22-13-6-10(8-20)5-12(17)7-13/h3-7,21H,2,9H2,1H3. The maximum atomic E-state index is 14.5. The van der Waals surface area contributed by atoms with Crippen LogP contribution in [0.3, 0.4) is 0 Å². The van der Waals surface area contributed by atoms with Crippen molar-refractivity contribution >= 4 is 23.2 Å². The molecule has 2 aromatic carbocycles. The van der Waals surface area contributed by atoms with Gasteiger partial charge in [0.1, 0.15) is 5.75 Å². The van der Waals surface area contributed by atoms with Crippen LogP contribution in [0.4, 0.5) is 4.39 Å². The normalized spacial score (nSPS) is 10.3. The highest BCUT2D eigenvalue weighted by molar-refractivity contribution is 6.32. The summed E-state index contributed by atoms with van der Waals surface area (Å²) < 4.78 is 20.0. The molecule has 0 spiro atoms. The predicted molar refractivity (Wildman–Crippen MR) is 85.0 cm³/mol. The molecule has 3 nitrogen and oxygen atoms in total. The van der Waals surface area contributed by atoms with Crippen LogP contribution in [-0.2, 0) is 6.54 Å². The molecule has 0 radical (unpaired) electrons. The van der Waals surface area contributed by atoms with Gasteiger partial charge in [-0.15, -0.1) is 0 Å². The minimum absolute atomic E-state index is 0.0803. The van der Waals surface area contributed by atoms with Gasteiger partial charge in [-0.1, -0.05) is 36.2 Å². The molecule has 0 saturated carbocycles. The van der Waals surface area contributed by atoms with Crippen molar-refractivity contribution in [3.05, 3.63) is 57.3 Å². The van der Waals surface area contributed by atoms with Gasteiger partial charge in [-0.2, -0.15) is 5.26 Å². The Morgan fingerprint density at radius 1 is 1.27 bits per heavy atom. The minimum atomic E-state index is -0.535.